The number of pyridine rings is 1. The van der Waals surface area contributed by atoms with Crippen LogP contribution in [0, 0.1) is 5.82 Å². The minimum Gasteiger partial charge on any atom is -0.463 e. The number of hydrogen-bond acceptors (Lipinski definition) is 9. The Morgan fingerprint density at radius 3 is 2.92 bits per heavy atom. The van der Waals surface area contributed by atoms with Crippen LogP contribution in [0.3, 0.4) is 0 Å². The fraction of sp³-hybridized carbons (Fsp3) is 0.333. The van der Waals surface area contributed by atoms with Gasteiger partial charge in [0.1, 0.15) is 11.7 Å². The van der Waals surface area contributed by atoms with Gasteiger partial charge in [-0.25, -0.2) is 14.2 Å². The molecule has 2 aliphatic heterocycles. The van der Waals surface area contributed by atoms with Crippen LogP contribution in [0.1, 0.15) is 24.2 Å². The number of hydrogen-bond donors (Lipinski definition) is 1. The first-order valence-corrected chi connectivity index (χ1v) is 11.9. The minimum atomic E-state index is -0.951. The van der Waals surface area contributed by atoms with Gasteiger partial charge in [-0.05, 0) is 31.2 Å². The molecule has 0 radical (unpaired) electrons. The fourth-order valence-electron chi connectivity index (χ4n) is 3.99. The van der Waals surface area contributed by atoms with E-state index in [9.17, 15) is 14.0 Å². The molecular weight excluding hydrogens is 514 g/mol. The molecule has 190 valence electrons. The van der Waals surface area contributed by atoms with Gasteiger partial charge in [0.15, 0.2) is 17.9 Å². The Morgan fingerprint density at radius 1 is 1.36 bits per heavy atom. The minimum absolute atomic E-state index is 0.0318. The molecule has 0 bridgehead atoms. The molecule has 0 aliphatic carbocycles. The SMILES string of the molecule is CCOC(=O)C1=C(CN2CCOCC2OC=O)NC(c2ncccc2F)=NC1c1ccc(Cl)cc1Cl. The lowest BCUT2D eigenvalue weighted by Gasteiger charge is -2.36. The van der Waals surface area contributed by atoms with Gasteiger partial charge in [-0.3, -0.25) is 14.7 Å². The third kappa shape index (κ3) is 5.67. The molecule has 2 aliphatic rings. The summed E-state index contributed by atoms with van der Waals surface area (Å²) in [6, 6.07) is 6.59. The van der Waals surface area contributed by atoms with E-state index >= 15 is 0 Å². The van der Waals surface area contributed by atoms with Crippen molar-refractivity contribution in [1.29, 1.82) is 0 Å². The maximum Gasteiger partial charge on any atom is 0.338 e. The van der Waals surface area contributed by atoms with E-state index in [4.69, 9.17) is 37.4 Å². The predicted molar refractivity (Wildman–Crippen MR) is 130 cm³/mol. The third-order valence-corrected chi connectivity index (χ3v) is 6.19. The molecule has 1 N–H and O–H groups in total. The summed E-state index contributed by atoms with van der Waals surface area (Å²) in [5.74, 6) is -1.12. The van der Waals surface area contributed by atoms with Gasteiger partial charge in [0, 0.05) is 40.6 Å². The van der Waals surface area contributed by atoms with Crippen LogP contribution in [0.2, 0.25) is 10.0 Å². The molecule has 9 nitrogen and oxygen atoms in total. The van der Waals surface area contributed by atoms with Crippen molar-refractivity contribution in [2.75, 3.05) is 32.9 Å². The van der Waals surface area contributed by atoms with Gasteiger partial charge in [0.25, 0.3) is 6.47 Å². The molecule has 1 fully saturated rings. The smallest absolute Gasteiger partial charge is 0.338 e. The number of rotatable bonds is 8. The number of morpholine rings is 1. The summed E-state index contributed by atoms with van der Waals surface area (Å²) >= 11 is 12.6. The predicted octanol–water partition coefficient (Wildman–Crippen LogP) is 3.27. The second kappa shape index (κ2) is 11.8. The number of benzene rings is 1. The van der Waals surface area contributed by atoms with Crippen molar-refractivity contribution in [3.63, 3.8) is 0 Å². The molecule has 4 rings (SSSR count). The molecule has 2 atom stereocenters. The molecule has 1 aromatic carbocycles. The number of amidine groups is 1. The standard InChI is InChI=1S/C24H23Cl2FN4O5/c1-2-35-24(33)20-18(11-31-8-9-34-12-19(31)36-13-32)29-23(22-17(27)4-3-7-28-22)30-21(20)15-6-5-14(25)10-16(15)26/h3-7,10,13,19,21H,2,8-9,11-12H2,1H3,(H,29,30). The molecule has 0 amide bonds. The number of aromatic nitrogens is 1. The van der Waals surface area contributed by atoms with E-state index in [1.54, 1.807) is 19.1 Å². The maximum absolute atomic E-state index is 14.7. The highest BCUT2D eigenvalue weighted by molar-refractivity contribution is 6.35. The second-order valence-electron chi connectivity index (χ2n) is 7.85. The summed E-state index contributed by atoms with van der Waals surface area (Å²) in [6.07, 6.45) is 0.757. The Bertz CT molecular complexity index is 1210. The van der Waals surface area contributed by atoms with Crippen molar-refractivity contribution < 1.29 is 28.2 Å². The van der Waals surface area contributed by atoms with Gasteiger partial charge in [-0.1, -0.05) is 29.3 Å². The number of halogens is 3. The maximum atomic E-state index is 14.7. The van der Waals surface area contributed by atoms with Crippen LogP contribution in [-0.4, -0.2) is 67.3 Å². The van der Waals surface area contributed by atoms with Crippen molar-refractivity contribution in [2.24, 2.45) is 4.99 Å². The lowest BCUT2D eigenvalue weighted by Crippen LogP contribution is -2.50. The van der Waals surface area contributed by atoms with Crippen LogP contribution in [0.4, 0.5) is 4.39 Å². The quantitative estimate of drug-likeness (QED) is 0.405. The summed E-state index contributed by atoms with van der Waals surface area (Å²) in [6.45, 7) is 3.23. The van der Waals surface area contributed by atoms with Crippen LogP contribution in [0.15, 0.2) is 52.8 Å². The first kappa shape index (κ1) is 26.0. The molecule has 3 heterocycles. The van der Waals surface area contributed by atoms with Gasteiger partial charge in [-0.2, -0.15) is 0 Å². The summed E-state index contributed by atoms with van der Waals surface area (Å²) in [7, 11) is 0. The summed E-state index contributed by atoms with van der Waals surface area (Å²) in [5.41, 5.74) is 0.994. The summed E-state index contributed by atoms with van der Waals surface area (Å²) < 4.78 is 30.7. The lowest BCUT2D eigenvalue weighted by molar-refractivity contribution is -0.160. The van der Waals surface area contributed by atoms with Crippen molar-refractivity contribution >= 4 is 41.5 Å². The van der Waals surface area contributed by atoms with Crippen molar-refractivity contribution in [3.05, 3.63) is 74.9 Å². The van der Waals surface area contributed by atoms with E-state index in [-0.39, 0.29) is 41.9 Å². The highest BCUT2D eigenvalue weighted by Gasteiger charge is 2.36. The zero-order valence-corrected chi connectivity index (χ0v) is 20.8. The van der Waals surface area contributed by atoms with E-state index in [1.807, 2.05) is 4.90 Å². The third-order valence-electron chi connectivity index (χ3n) is 5.63. The van der Waals surface area contributed by atoms with Crippen LogP contribution < -0.4 is 5.32 Å². The number of carbonyl (C=O) groups excluding carboxylic acids is 2. The monoisotopic (exact) mass is 536 g/mol. The second-order valence-corrected chi connectivity index (χ2v) is 8.69. The Morgan fingerprint density at radius 2 is 2.19 bits per heavy atom. The molecular formula is C24H23Cl2FN4O5. The molecule has 2 unspecified atom stereocenters. The van der Waals surface area contributed by atoms with Crippen molar-refractivity contribution in [3.8, 4) is 0 Å². The zero-order chi connectivity index (χ0) is 25.7. The molecule has 36 heavy (non-hydrogen) atoms. The Kier molecular flexibility index (Phi) is 8.52. The number of nitrogens with zero attached hydrogens (tertiary/aromatic N) is 3. The van der Waals surface area contributed by atoms with E-state index in [2.05, 4.69) is 15.3 Å². The number of carbonyl (C=O) groups is 2. The first-order chi connectivity index (χ1) is 17.4. The highest BCUT2D eigenvalue weighted by atomic mass is 35.5. The average Bonchev–Trinajstić information content (AvgIpc) is 2.85. The van der Waals surface area contributed by atoms with Crippen LogP contribution in [0.25, 0.3) is 0 Å². The highest BCUT2D eigenvalue weighted by Crippen LogP contribution is 2.37. The van der Waals surface area contributed by atoms with Crippen molar-refractivity contribution in [1.82, 2.24) is 15.2 Å². The average molecular weight is 537 g/mol. The largest absolute Gasteiger partial charge is 0.463 e. The fourth-order valence-corrected chi connectivity index (χ4v) is 4.50. The van der Waals surface area contributed by atoms with Gasteiger partial charge in [0.2, 0.25) is 0 Å². The molecule has 1 saturated heterocycles. The summed E-state index contributed by atoms with van der Waals surface area (Å²) in [4.78, 5) is 34.9. The van der Waals surface area contributed by atoms with Gasteiger partial charge < -0.3 is 19.5 Å². The van der Waals surface area contributed by atoms with Gasteiger partial charge in [-0.15, -0.1) is 0 Å². The topological polar surface area (TPSA) is 102 Å². The number of esters is 1. The summed E-state index contributed by atoms with van der Waals surface area (Å²) in [5, 5.41) is 3.75. The van der Waals surface area contributed by atoms with Crippen LogP contribution in [-0.2, 0) is 23.8 Å². The Labute approximate surface area is 216 Å². The lowest BCUT2D eigenvalue weighted by atomic mass is 9.94. The van der Waals surface area contributed by atoms with E-state index in [1.165, 1.54) is 24.4 Å². The van der Waals surface area contributed by atoms with Crippen LogP contribution >= 0.6 is 23.2 Å². The Balaban J connectivity index is 1.86. The zero-order valence-electron chi connectivity index (χ0n) is 19.2. The first-order valence-electron chi connectivity index (χ1n) is 11.1. The molecule has 12 heteroatoms. The van der Waals surface area contributed by atoms with Crippen molar-refractivity contribution in [2.45, 2.75) is 19.2 Å². The van der Waals surface area contributed by atoms with E-state index in [0.717, 1.165) is 0 Å². The van der Waals surface area contributed by atoms with Gasteiger partial charge >= 0.3 is 5.97 Å². The molecule has 2 aromatic rings. The van der Waals surface area contributed by atoms with Crippen LogP contribution in [0.5, 0.6) is 0 Å². The number of ether oxygens (including phenoxy) is 3. The Hall–Kier alpha value is -3.05. The number of aliphatic imine (C=N–C) groups is 1. The molecule has 1 aromatic heterocycles. The van der Waals surface area contributed by atoms with E-state index in [0.29, 0.717) is 35.9 Å². The van der Waals surface area contributed by atoms with Gasteiger partial charge in [0.05, 0.1) is 25.4 Å². The van der Waals surface area contributed by atoms with E-state index < -0.39 is 24.1 Å². The normalized spacial score (nSPS) is 20.4. The molecule has 0 saturated carbocycles. The number of nitrogens with one attached hydrogen (secondary N) is 1. The molecule has 0 spiro atoms.